The molecule has 0 bridgehead atoms. The zero-order valence-electron chi connectivity index (χ0n) is 12.5. The van der Waals surface area contributed by atoms with Crippen LogP contribution in [0.2, 0.25) is 5.02 Å². The lowest BCUT2D eigenvalue weighted by atomic mass is 9.87. The van der Waals surface area contributed by atoms with Crippen LogP contribution >= 0.6 is 11.6 Å². The van der Waals surface area contributed by atoms with E-state index in [0.717, 1.165) is 11.1 Å². The molecule has 1 aliphatic rings. The molecule has 1 atom stereocenters. The fourth-order valence-electron chi connectivity index (χ4n) is 3.03. The minimum absolute atomic E-state index is 0.101. The van der Waals surface area contributed by atoms with Crippen molar-refractivity contribution >= 4 is 23.3 Å². The molecule has 0 saturated carbocycles. The van der Waals surface area contributed by atoms with E-state index >= 15 is 0 Å². The summed E-state index contributed by atoms with van der Waals surface area (Å²) in [5, 5.41) is 7.86. The first-order valence-electron chi connectivity index (χ1n) is 7.51. The number of carbonyl (C=O) groups is 1. The molecule has 24 heavy (non-hydrogen) atoms. The van der Waals surface area contributed by atoms with Gasteiger partial charge in [0.15, 0.2) is 0 Å². The molecule has 1 unspecified atom stereocenters. The number of hydrogen-bond acceptors (Lipinski definition) is 2. The van der Waals surface area contributed by atoms with Gasteiger partial charge in [-0.2, -0.15) is 5.10 Å². The molecule has 2 heterocycles. The normalized spacial score (nSPS) is 16.6. The highest BCUT2D eigenvalue weighted by Crippen LogP contribution is 2.40. The molecule has 4 rings (SSSR count). The standard InChI is InChI=1S/C18H13ClFN3O/c19-16-4-2-1-3-13(16)14-9-17(24)22-18-15(14)10-21-23(18)12-7-5-11(20)6-8-12/h1-8,10,14H,9H2,(H,22,24). The van der Waals surface area contributed by atoms with E-state index in [9.17, 15) is 9.18 Å². The topological polar surface area (TPSA) is 46.9 Å². The van der Waals surface area contributed by atoms with Crippen molar-refractivity contribution in [3.63, 3.8) is 0 Å². The summed E-state index contributed by atoms with van der Waals surface area (Å²) in [5.41, 5.74) is 2.47. The first-order chi connectivity index (χ1) is 11.6. The molecule has 0 spiro atoms. The monoisotopic (exact) mass is 341 g/mol. The smallest absolute Gasteiger partial charge is 0.226 e. The highest BCUT2D eigenvalue weighted by molar-refractivity contribution is 6.31. The number of anilines is 1. The lowest BCUT2D eigenvalue weighted by molar-refractivity contribution is -0.116. The summed E-state index contributed by atoms with van der Waals surface area (Å²) in [7, 11) is 0. The Morgan fingerprint density at radius 1 is 1.12 bits per heavy atom. The first kappa shape index (κ1) is 14.9. The van der Waals surface area contributed by atoms with Gasteiger partial charge in [-0.3, -0.25) is 4.79 Å². The molecule has 4 nitrogen and oxygen atoms in total. The van der Waals surface area contributed by atoms with Crippen LogP contribution in [-0.4, -0.2) is 15.7 Å². The van der Waals surface area contributed by atoms with E-state index in [-0.39, 0.29) is 17.6 Å². The van der Waals surface area contributed by atoms with Crippen LogP contribution in [0, 0.1) is 5.82 Å². The third kappa shape index (κ3) is 2.47. The van der Waals surface area contributed by atoms with Crippen LogP contribution in [0.5, 0.6) is 0 Å². The van der Waals surface area contributed by atoms with Crippen LogP contribution in [0.1, 0.15) is 23.5 Å². The Bertz CT molecular complexity index is 920. The first-order valence-corrected chi connectivity index (χ1v) is 7.89. The highest BCUT2D eigenvalue weighted by Gasteiger charge is 2.31. The van der Waals surface area contributed by atoms with Gasteiger partial charge in [0.1, 0.15) is 11.6 Å². The van der Waals surface area contributed by atoms with Crippen LogP contribution in [0.4, 0.5) is 10.2 Å². The van der Waals surface area contributed by atoms with Gasteiger partial charge < -0.3 is 5.32 Å². The predicted octanol–water partition coefficient (Wildman–Crippen LogP) is 4.14. The predicted molar refractivity (Wildman–Crippen MR) is 90.1 cm³/mol. The maximum Gasteiger partial charge on any atom is 0.226 e. The van der Waals surface area contributed by atoms with Gasteiger partial charge in [0, 0.05) is 22.9 Å². The minimum Gasteiger partial charge on any atom is -0.310 e. The SMILES string of the molecule is O=C1CC(c2ccccc2Cl)c2cnn(-c3ccc(F)cc3)c2N1. The van der Waals surface area contributed by atoms with Gasteiger partial charge in [0.25, 0.3) is 0 Å². The van der Waals surface area contributed by atoms with Crippen molar-refractivity contribution < 1.29 is 9.18 Å². The fraction of sp³-hybridized carbons (Fsp3) is 0.111. The zero-order chi connectivity index (χ0) is 16.7. The summed E-state index contributed by atoms with van der Waals surface area (Å²) in [6.45, 7) is 0. The molecule has 2 aromatic carbocycles. The number of benzene rings is 2. The van der Waals surface area contributed by atoms with Gasteiger partial charge in [0.2, 0.25) is 5.91 Å². The largest absolute Gasteiger partial charge is 0.310 e. The third-order valence-electron chi connectivity index (χ3n) is 4.17. The molecule has 0 aliphatic carbocycles. The van der Waals surface area contributed by atoms with Crippen molar-refractivity contribution in [1.29, 1.82) is 0 Å². The van der Waals surface area contributed by atoms with Gasteiger partial charge in [-0.1, -0.05) is 29.8 Å². The summed E-state index contributed by atoms with van der Waals surface area (Å²) in [5.74, 6) is 0.0217. The average Bonchev–Trinajstić information content (AvgIpc) is 2.99. The molecule has 1 amide bonds. The zero-order valence-corrected chi connectivity index (χ0v) is 13.3. The molecular formula is C18H13ClFN3O. The van der Waals surface area contributed by atoms with Crippen LogP contribution in [0.3, 0.4) is 0 Å². The lowest BCUT2D eigenvalue weighted by Crippen LogP contribution is -2.24. The Morgan fingerprint density at radius 3 is 2.62 bits per heavy atom. The number of nitrogens with zero attached hydrogens (tertiary/aromatic N) is 2. The molecule has 120 valence electrons. The number of carbonyl (C=O) groups excluding carboxylic acids is 1. The summed E-state index contributed by atoms with van der Waals surface area (Å²) in [6.07, 6.45) is 2.04. The Kier molecular flexibility index (Phi) is 3.58. The summed E-state index contributed by atoms with van der Waals surface area (Å²) < 4.78 is 14.8. The third-order valence-corrected chi connectivity index (χ3v) is 4.52. The number of nitrogens with one attached hydrogen (secondary N) is 1. The highest BCUT2D eigenvalue weighted by atomic mass is 35.5. The number of amides is 1. The van der Waals surface area contributed by atoms with Crippen molar-refractivity contribution in [2.24, 2.45) is 0 Å². The van der Waals surface area contributed by atoms with Crippen LogP contribution in [0.25, 0.3) is 5.69 Å². The maximum atomic E-state index is 13.1. The summed E-state index contributed by atoms with van der Waals surface area (Å²) in [4.78, 5) is 12.2. The molecular weight excluding hydrogens is 329 g/mol. The molecule has 0 fully saturated rings. The van der Waals surface area contributed by atoms with Crippen molar-refractivity contribution in [2.75, 3.05) is 5.32 Å². The van der Waals surface area contributed by atoms with E-state index in [1.54, 1.807) is 23.0 Å². The second-order valence-corrected chi connectivity index (χ2v) is 6.07. The van der Waals surface area contributed by atoms with Crippen molar-refractivity contribution in [1.82, 2.24) is 9.78 Å². The van der Waals surface area contributed by atoms with Crippen molar-refractivity contribution in [3.05, 3.63) is 76.7 Å². The number of fused-ring (bicyclic) bond motifs is 1. The maximum absolute atomic E-state index is 13.1. The Morgan fingerprint density at radius 2 is 1.88 bits per heavy atom. The van der Waals surface area contributed by atoms with E-state index in [4.69, 9.17) is 11.6 Å². The van der Waals surface area contributed by atoms with E-state index in [0.29, 0.717) is 22.9 Å². The Balaban J connectivity index is 1.83. The molecule has 6 heteroatoms. The second-order valence-electron chi connectivity index (χ2n) is 5.66. The number of aromatic nitrogens is 2. The second kappa shape index (κ2) is 5.76. The van der Waals surface area contributed by atoms with E-state index in [1.165, 1.54) is 12.1 Å². The van der Waals surface area contributed by atoms with E-state index in [2.05, 4.69) is 10.4 Å². The van der Waals surface area contributed by atoms with E-state index in [1.807, 2.05) is 24.3 Å². The summed E-state index contributed by atoms with van der Waals surface area (Å²) in [6, 6.07) is 13.5. The minimum atomic E-state index is -0.322. The number of halogens is 2. The summed E-state index contributed by atoms with van der Waals surface area (Å²) >= 11 is 6.31. The molecule has 3 aromatic rings. The number of hydrogen-bond donors (Lipinski definition) is 1. The van der Waals surface area contributed by atoms with Gasteiger partial charge in [-0.15, -0.1) is 0 Å². The van der Waals surface area contributed by atoms with Crippen LogP contribution in [-0.2, 0) is 4.79 Å². The Labute approximate surface area is 142 Å². The molecule has 0 radical (unpaired) electrons. The fourth-order valence-corrected chi connectivity index (χ4v) is 3.30. The molecule has 0 saturated heterocycles. The van der Waals surface area contributed by atoms with Gasteiger partial charge in [0.05, 0.1) is 11.9 Å². The molecule has 1 aliphatic heterocycles. The molecule has 1 N–H and O–H groups in total. The van der Waals surface area contributed by atoms with Gasteiger partial charge in [-0.25, -0.2) is 9.07 Å². The van der Waals surface area contributed by atoms with Crippen molar-refractivity contribution in [3.8, 4) is 5.69 Å². The van der Waals surface area contributed by atoms with Crippen LogP contribution < -0.4 is 5.32 Å². The lowest BCUT2D eigenvalue weighted by Gasteiger charge is -2.24. The average molecular weight is 342 g/mol. The van der Waals surface area contributed by atoms with Crippen molar-refractivity contribution in [2.45, 2.75) is 12.3 Å². The van der Waals surface area contributed by atoms with Gasteiger partial charge >= 0.3 is 0 Å². The Hall–Kier alpha value is -2.66. The quantitative estimate of drug-likeness (QED) is 0.761. The van der Waals surface area contributed by atoms with E-state index < -0.39 is 0 Å². The molecule has 1 aromatic heterocycles. The van der Waals surface area contributed by atoms with Crippen LogP contribution in [0.15, 0.2) is 54.7 Å². The number of rotatable bonds is 2. The van der Waals surface area contributed by atoms with Gasteiger partial charge in [-0.05, 0) is 35.9 Å².